The number of aliphatic hydroxyl groups is 1. The summed E-state index contributed by atoms with van der Waals surface area (Å²) in [7, 11) is 0. The fourth-order valence-corrected chi connectivity index (χ4v) is 3.15. The van der Waals surface area contributed by atoms with Crippen molar-refractivity contribution in [3.8, 4) is 0 Å². The van der Waals surface area contributed by atoms with Crippen LogP contribution in [0.4, 0.5) is 4.39 Å². The molecule has 1 aliphatic heterocycles. The number of likely N-dealkylation sites (tertiary alicyclic amines) is 1. The van der Waals surface area contributed by atoms with Crippen molar-refractivity contribution in [3.05, 3.63) is 65.7 Å². The number of nitrogens with zero attached hydrogens (tertiary/aromatic N) is 2. The van der Waals surface area contributed by atoms with Crippen LogP contribution >= 0.6 is 0 Å². The van der Waals surface area contributed by atoms with Crippen molar-refractivity contribution in [2.45, 2.75) is 38.0 Å². The lowest BCUT2D eigenvalue weighted by Gasteiger charge is -2.26. The summed E-state index contributed by atoms with van der Waals surface area (Å²) >= 11 is 0. The Bertz CT molecular complexity index is 588. The van der Waals surface area contributed by atoms with Gasteiger partial charge in [0, 0.05) is 18.8 Å². The first kappa shape index (κ1) is 15.1. The van der Waals surface area contributed by atoms with Gasteiger partial charge in [0.2, 0.25) is 0 Å². The van der Waals surface area contributed by atoms with E-state index in [0.717, 1.165) is 37.2 Å². The van der Waals surface area contributed by atoms with E-state index >= 15 is 0 Å². The Morgan fingerprint density at radius 3 is 2.77 bits per heavy atom. The zero-order chi connectivity index (χ0) is 15.4. The summed E-state index contributed by atoms with van der Waals surface area (Å²) in [6.07, 6.45) is 4.18. The van der Waals surface area contributed by atoms with Gasteiger partial charge in [-0.3, -0.25) is 9.88 Å². The highest BCUT2D eigenvalue weighted by atomic mass is 19.1. The molecule has 0 bridgehead atoms. The summed E-state index contributed by atoms with van der Waals surface area (Å²) in [6.45, 7) is 1.86. The molecule has 2 heterocycles. The molecule has 0 amide bonds. The maximum atomic E-state index is 13.0. The molecule has 1 aromatic carbocycles. The van der Waals surface area contributed by atoms with Crippen LogP contribution in [0.15, 0.2) is 48.7 Å². The Morgan fingerprint density at radius 1 is 1.23 bits per heavy atom. The zero-order valence-corrected chi connectivity index (χ0v) is 12.5. The van der Waals surface area contributed by atoms with Gasteiger partial charge in [0.15, 0.2) is 0 Å². The molecule has 1 aliphatic rings. The van der Waals surface area contributed by atoms with Crippen molar-refractivity contribution in [1.29, 1.82) is 0 Å². The van der Waals surface area contributed by atoms with Crippen LogP contribution in [0.2, 0.25) is 0 Å². The van der Waals surface area contributed by atoms with E-state index in [4.69, 9.17) is 0 Å². The van der Waals surface area contributed by atoms with Gasteiger partial charge in [0.1, 0.15) is 5.82 Å². The smallest absolute Gasteiger partial charge is 0.123 e. The van der Waals surface area contributed by atoms with Gasteiger partial charge in [-0.25, -0.2) is 4.39 Å². The van der Waals surface area contributed by atoms with Crippen LogP contribution in [0.3, 0.4) is 0 Å². The molecule has 2 aromatic rings. The molecule has 1 saturated heterocycles. The van der Waals surface area contributed by atoms with Crippen molar-refractivity contribution in [2.75, 3.05) is 6.54 Å². The first-order valence-electron chi connectivity index (χ1n) is 7.80. The average molecular weight is 300 g/mol. The minimum atomic E-state index is -0.546. The Morgan fingerprint density at radius 2 is 2.05 bits per heavy atom. The van der Waals surface area contributed by atoms with Crippen molar-refractivity contribution < 1.29 is 9.50 Å². The summed E-state index contributed by atoms with van der Waals surface area (Å²) in [5.74, 6) is -0.270. The van der Waals surface area contributed by atoms with Crippen LogP contribution in [-0.4, -0.2) is 27.6 Å². The maximum absolute atomic E-state index is 13.0. The highest BCUT2D eigenvalue weighted by Crippen LogP contribution is 2.28. The van der Waals surface area contributed by atoms with Gasteiger partial charge in [0.25, 0.3) is 0 Å². The summed E-state index contributed by atoms with van der Waals surface area (Å²) < 4.78 is 13.0. The lowest BCUT2D eigenvalue weighted by atomic mass is 10.0. The van der Waals surface area contributed by atoms with Gasteiger partial charge in [-0.15, -0.1) is 0 Å². The van der Waals surface area contributed by atoms with Gasteiger partial charge in [-0.1, -0.05) is 18.2 Å². The summed E-state index contributed by atoms with van der Waals surface area (Å²) in [4.78, 5) is 6.76. The van der Waals surface area contributed by atoms with E-state index in [1.54, 1.807) is 12.1 Å². The Labute approximate surface area is 130 Å². The Balaban J connectivity index is 1.62. The SMILES string of the molecule is OC(CC1CCCN1Cc1ccccn1)c1ccc(F)cc1. The number of rotatable bonds is 5. The average Bonchev–Trinajstić information content (AvgIpc) is 2.96. The van der Waals surface area contributed by atoms with Crippen LogP contribution in [-0.2, 0) is 6.54 Å². The molecule has 116 valence electrons. The van der Waals surface area contributed by atoms with E-state index < -0.39 is 6.10 Å². The second-order valence-corrected chi connectivity index (χ2v) is 5.89. The minimum absolute atomic E-state index is 0.270. The van der Waals surface area contributed by atoms with E-state index in [2.05, 4.69) is 9.88 Å². The third-order valence-corrected chi connectivity index (χ3v) is 4.34. The summed E-state index contributed by atoms with van der Waals surface area (Å²) in [6, 6.07) is 12.4. The third kappa shape index (κ3) is 3.70. The Kier molecular flexibility index (Phi) is 4.80. The standard InChI is InChI=1S/C18H21FN2O/c19-15-8-6-14(7-9-15)18(22)12-17-5-3-11-21(17)13-16-4-1-2-10-20-16/h1-2,4,6-10,17-18,22H,3,5,11-13H2. The van der Waals surface area contributed by atoms with Gasteiger partial charge in [-0.05, 0) is 55.6 Å². The molecule has 2 atom stereocenters. The van der Waals surface area contributed by atoms with E-state index in [9.17, 15) is 9.50 Å². The van der Waals surface area contributed by atoms with Crippen LogP contribution in [0.25, 0.3) is 0 Å². The quantitative estimate of drug-likeness (QED) is 0.920. The molecule has 1 aromatic heterocycles. The van der Waals surface area contributed by atoms with E-state index in [-0.39, 0.29) is 5.82 Å². The number of aliphatic hydroxyl groups excluding tert-OH is 1. The van der Waals surface area contributed by atoms with E-state index in [1.165, 1.54) is 12.1 Å². The fraction of sp³-hybridized carbons (Fsp3) is 0.389. The number of aromatic nitrogens is 1. The van der Waals surface area contributed by atoms with Gasteiger partial charge >= 0.3 is 0 Å². The maximum Gasteiger partial charge on any atom is 0.123 e. The first-order valence-corrected chi connectivity index (χ1v) is 7.80. The predicted molar refractivity (Wildman–Crippen MR) is 83.6 cm³/mol. The first-order chi connectivity index (χ1) is 10.7. The highest BCUT2D eigenvalue weighted by Gasteiger charge is 2.27. The largest absolute Gasteiger partial charge is 0.388 e. The molecule has 2 unspecified atom stereocenters. The molecular weight excluding hydrogens is 279 g/mol. The van der Waals surface area contributed by atoms with Crippen molar-refractivity contribution in [2.24, 2.45) is 0 Å². The van der Waals surface area contributed by atoms with Crippen molar-refractivity contribution in [1.82, 2.24) is 9.88 Å². The van der Waals surface area contributed by atoms with Crippen molar-refractivity contribution >= 4 is 0 Å². The molecule has 1 fully saturated rings. The second-order valence-electron chi connectivity index (χ2n) is 5.89. The fourth-order valence-electron chi connectivity index (χ4n) is 3.15. The summed E-state index contributed by atoms with van der Waals surface area (Å²) in [5, 5.41) is 10.4. The van der Waals surface area contributed by atoms with E-state index in [0.29, 0.717) is 12.5 Å². The molecule has 4 heteroatoms. The van der Waals surface area contributed by atoms with Crippen LogP contribution < -0.4 is 0 Å². The number of hydrogen-bond acceptors (Lipinski definition) is 3. The third-order valence-electron chi connectivity index (χ3n) is 4.34. The topological polar surface area (TPSA) is 36.4 Å². The van der Waals surface area contributed by atoms with Gasteiger partial charge in [0.05, 0.1) is 11.8 Å². The molecule has 22 heavy (non-hydrogen) atoms. The molecule has 1 N–H and O–H groups in total. The summed E-state index contributed by atoms with van der Waals surface area (Å²) in [5.41, 5.74) is 1.84. The normalized spacial score (nSPS) is 20.2. The van der Waals surface area contributed by atoms with Crippen molar-refractivity contribution in [3.63, 3.8) is 0 Å². The number of halogens is 1. The molecule has 0 spiro atoms. The number of pyridine rings is 1. The van der Waals surface area contributed by atoms with Crippen LogP contribution in [0.5, 0.6) is 0 Å². The zero-order valence-electron chi connectivity index (χ0n) is 12.5. The van der Waals surface area contributed by atoms with Gasteiger partial charge in [-0.2, -0.15) is 0 Å². The van der Waals surface area contributed by atoms with E-state index in [1.807, 2.05) is 24.4 Å². The van der Waals surface area contributed by atoms with Crippen LogP contribution in [0, 0.1) is 5.82 Å². The molecule has 0 aliphatic carbocycles. The molecule has 3 nitrogen and oxygen atoms in total. The molecule has 0 saturated carbocycles. The van der Waals surface area contributed by atoms with Crippen LogP contribution in [0.1, 0.15) is 36.6 Å². The minimum Gasteiger partial charge on any atom is -0.388 e. The monoisotopic (exact) mass is 300 g/mol. The molecule has 0 radical (unpaired) electrons. The Hall–Kier alpha value is -1.78. The predicted octanol–water partition coefficient (Wildman–Crippen LogP) is 3.31. The second kappa shape index (κ2) is 6.99. The lowest BCUT2D eigenvalue weighted by molar-refractivity contribution is 0.117. The molecule has 3 rings (SSSR count). The number of hydrogen-bond donors (Lipinski definition) is 1. The van der Waals surface area contributed by atoms with Gasteiger partial charge < -0.3 is 5.11 Å². The highest BCUT2D eigenvalue weighted by molar-refractivity contribution is 5.18. The molecular formula is C18H21FN2O. The number of benzene rings is 1. The lowest BCUT2D eigenvalue weighted by Crippen LogP contribution is -2.30.